The maximum atomic E-state index is 12.7. The molecule has 1 amide bonds. The molecule has 4 nitrogen and oxygen atoms in total. The van der Waals surface area contributed by atoms with E-state index in [9.17, 15) is 14.7 Å². The molecule has 1 aliphatic heterocycles. The fourth-order valence-corrected chi connectivity index (χ4v) is 4.01. The average Bonchev–Trinajstić information content (AvgIpc) is 3.29. The summed E-state index contributed by atoms with van der Waals surface area (Å²) in [6.07, 6.45) is 1.38. The lowest BCUT2D eigenvalue weighted by Crippen LogP contribution is -2.46. The highest BCUT2D eigenvalue weighted by atomic mass is 35.5. The molecule has 0 radical (unpaired) electrons. The number of hydrogen-bond donors (Lipinski definition) is 1. The van der Waals surface area contributed by atoms with Crippen molar-refractivity contribution >= 4 is 35.1 Å². The lowest BCUT2D eigenvalue weighted by molar-refractivity contribution is -0.147. The van der Waals surface area contributed by atoms with Crippen LogP contribution in [0.25, 0.3) is 0 Å². The number of hydrogen-bond acceptors (Lipinski definition) is 2. The molecule has 6 heteroatoms. The van der Waals surface area contributed by atoms with Crippen molar-refractivity contribution in [3.05, 3.63) is 33.8 Å². The molecule has 0 aromatic heterocycles. The molecule has 1 aromatic carbocycles. The standard InChI is InChI=1S/C17H19Cl2NO3/c1-9-5-10(17(22)23)8-20(7-9)16(21)13-6-12(13)11-3-2-4-14(18)15(11)19/h2-4,9-10,12-13H,5-8H2,1H3,(H,22,23). The van der Waals surface area contributed by atoms with Crippen LogP contribution in [-0.2, 0) is 9.59 Å². The van der Waals surface area contributed by atoms with Crippen LogP contribution >= 0.6 is 23.2 Å². The highest BCUT2D eigenvalue weighted by molar-refractivity contribution is 6.42. The van der Waals surface area contributed by atoms with Gasteiger partial charge in [0.1, 0.15) is 0 Å². The normalized spacial score (nSPS) is 30.1. The monoisotopic (exact) mass is 355 g/mol. The minimum Gasteiger partial charge on any atom is -0.481 e. The van der Waals surface area contributed by atoms with Crippen molar-refractivity contribution in [2.24, 2.45) is 17.8 Å². The van der Waals surface area contributed by atoms with Gasteiger partial charge >= 0.3 is 5.97 Å². The van der Waals surface area contributed by atoms with Crippen LogP contribution in [0.4, 0.5) is 0 Å². The van der Waals surface area contributed by atoms with Crippen molar-refractivity contribution in [1.82, 2.24) is 4.90 Å². The quantitative estimate of drug-likeness (QED) is 0.899. The van der Waals surface area contributed by atoms with Crippen molar-refractivity contribution in [2.45, 2.75) is 25.7 Å². The van der Waals surface area contributed by atoms with E-state index in [1.54, 1.807) is 11.0 Å². The molecule has 4 unspecified atom stereocenters. The third kappa shape index (κ3) is 3.33. The van der Waals surface area contributed by atoms with E-state index in [4.69, 9.17) is 23.2 Å². The number of nitrogens with zero attached hydrogens (tertiary/aromatic N) is 1. The van der Waals surface area contributed by atoms with Crippen molar-refractivity contribution < 1.29 is 14.7 Å². The first kappa shape index (κ1) is 16.6. The van der Waals surface area contributed by atoms with Gasteiger partial charge in [0.25, 0.3) is 0 Å². The third-order valence-electron chi connectivity index (χ3n) is 4.81. The molecule has 0 spiro atoms. The van der Waals surface area contributed by atoms with Gasteiger partial charge in [-0.15, -0.1) is 0 Å². The number of carboxylic acids is 1. The fourth-order valence-electron chi connectivity index (χ4n) is 3.56. The summed E-state index contributed by atoms with van der Waals surface area (Å²) >= 11 is 12.3. The Labute approximate surface area is 145 Å². The largest absolute Gasteiger partial charge is 0.481 e. The Balaban J connectivity index is 1.70. The molecular formula is C17H19Cl2NO3. The molecule has 1 aliphatic carbocycles. The van der Waals surface area contributed by atoms with E-state index in [0.29, 0.717) is 29.6 Å². The van der Waals surface area contributed by atoms with Gasteiger partial charge in [-0.25, -0.2) is 0 Å². The maximum absolute atomic E-state index is 12.7. The summed E-state index contributed by atoms with van der Waals surface area (Å²) in [5.41, 5.74) is 0.914. The van der Waals surface area contributed by atoms with Crippen LogP contribution in [-0.4, -0.2) is 35.0 Å². The van der Waals surface area contributed by atoms with Gasteiger partial charge in [-0.1, -0.05) is 42.3 Å². The Morgan fingerprint density at radius 1 is 1.22 bits per heavy atom. The third-order valence-corrected chi connectivity index (χ3v) is 5.64. The van der Waals surface area contributed by atoms with Gasteiger partial charge in [0.05, 0.1) is 16.0 Å². The predicted octanol–water partition coefficient (Wildman–Crippen LogP) is 3.67. The number of carbonyl (C=O) groups is 2. The smallest absolute Gasteiger partial charge is 0.308 e. The first-order valence-electron chi connectivity index (χ1n) is 7.84. The van der Waals surface area contributed by atoms with Crippen LogP contribution in [0.5, 0.6) is 0 Å². The van der Waals surface area contributed by atoms with Crippen LogP contribution in [0, 0.1) is 17.8 Å². The summed E-state index contributed by atoms with van der Waals surface area (Å²) in [5.74, 6) is -1.04. The van der Waals surface area contributed by atoms with E-state index in [-0.39, 0.29) is 23.7 Å². The second-order valence-corrected chi connectivity index (χ2v) is 7.50. The van der Waals surface area contributed by atoms with Crippen LogP contribution in [0.2, 0.25) is 10.0 Å². The first-order valence-corrected chi connectivity index (χ1v) is 8.59. The van der Waals surface area contributed by atoms with Gasteiger partial charge in [-0.2, -0.15) is 0 Å². The Hall–Kier alpha value is -1.26. The number of aliphatic carboxylic acids is 1. The predicted molar refractivity (Wildman–Crippen MR) is 88.8 cm³/mol. The molecule has 23 heavy (non-hydrogen) atoms. The van der Waals surface area contributed by atoms with Gasteiger partial charge in [0, 0.05) is 19.0 Å². The average molecular weight is 356 g/mol. The topological polar surface area (TPSA) is 57.6 Å². The molecule has 1 aromatic rings. The van der Waals surface area contributed by atoms with E-state index in [0.717, 1.165) is 12.0 Å². The van der Waals surface area contributed by atoms with E-state index < -0.39 is 11.9 Å². The van der Waals surface area contributed by atoms with Gasteiger partial charge in [0.15, 0.2) is 0 Å². The van der Waals surface area contributed by atoms with Crippen molar-refractivity contribution in [2.75, 3.05) is 13.1 Å². The Kier molecular flexibility index (Phi) is 4.56. The highest BCUT2D eigenvalue weighted by Crippen LogP contribution is 2.51. The second-order valence-electron chi connectivity index (χ2n) is 6.71. The number of carbonyl (C=O) groups excluding carboxylic acids is 1. The summed E-state index contributed by atoms with van der Waals surface area (Å²) < 4.78 is 0. The highest BCUT2D eigenvalue weighted by Gasteiger charge is 2.48. The molecular weight excluding hydrogens is 337 g/mol. The maximum Gasteiger partial charge on any atom is 0.308 e. The van der Waals surface area contributed by atoms with Crippen LogP contribution in [0.1, 0.15) is 31.2 Å². The molecule has 0 bridgehead atoms. The number of rotatable bonds is 3. The summed E-state index contributed by atoms with van der Waals surface area (Å²) in [5, 5.41) is 10.3. The molecule has 3 rings (SSSR count). The van der Waals surface area contributed by atoms with E-state index in [1.165, 1.54) is 0 Å². The van der Waals surface area contributed by atoms with Crippen molar-refractivity contribution in [3.8, 4) is 0 Å². The Morgan fingerprint density at radius 2 is 1.96 bits per heavy atom. The zero-order chi connectivity index (χ0) is 16.7. The number of benzene rings is 1. The fraction of sp³-hybridized carbons (Fsp3) is 0.529. The summed E-state index contributed by atoms with van der Waals surface area (Å²) in [4.78, 5) is 25.7. The summed E-state index contributed by atoms with van der Waals surface area (Å²) in [6.45, 7) is 2.94. The van der Waals surface area contributed by atoms with Crippen molar-refractivity contribution in [1.29, 1.82) is 0 Å². The number of carboxylic acid groups (broad SMARTS) is 1. The van der Waals surface area contributed by atoms with Gasteiger partial charge in [-0.3, -0.25) is 9.59 Å². The lowest BCUT2D eigenvalue weighted by atomic mass is 9.90. The van der Waals surface area contributed by atoms with Crippen LogP contribution in [0.3, 0.4) is 0 Å². The second kappa shape index (κ2) is 6.33. The Morgan fingerprint density at radius 3 is 2.65 bits per heavy atom. The molecule has 4 atom stereocenters. The Bertz CT molecular complexity index is 649. The van der Waals surface area contributed by atoms with E-state index in [1.807, 2.05) is 19.1 Å². The molecule has 2 aliphatic rings. The summed E-state index contributed by atoms with van der Waals surface area (Å²) in [6, 6.07) is 5.48. The number of amides is 1. The first-order chi connectivity index (χ1) is 10.9. The van der Waals surface area contributed by atoms with E-state index >= 15 is 0 Å². The van der Waals surface area contributed by atoms with E-state index in [2.05, 4.69) is 0 Å². The van der Waals surface area contributed by atoms with Crippen LogP contribution in [0.15, 0.2) is 18.2 Å². The molecule has 1 saturated heterocycles. The molecule has 2 fully saturated rings. The lowest BCUT2D eigenvalue weighted by Gasteiger charge is -2.35. The number of piperidine rings is 1. The van der Waals surface area contributed by atoms with Crippen LogP contribution < -0.4 is 0 Å². The van der Waals surface area contributed by atoms with Crippen molar-refractivity contribution in [3.63, 3.8) is 0 Å². The molecule has 1 N–H and O–H groups in total. The zero-order valence-corrected chi connectivity index (χ0v) is 14.3. The molecule has 124 valence electrons. The zero-order valence-electron chi connectivity index (χ0n) is 12.8. The molecule has 1 saturated carbocycles. The summed E-state index contributed by atoms with van der Waals surface area (Å²) in [7, 11) is 0. The van der Waals surface area contributed by atoms with Gasteiger partial charge in [0.2, 0.25) is 5.91 Å². The number of halogens is 2. The SMILES string of the molecule is CC1CC(C(=O)O)CN(C(=O)C2CC2c2cccc(Cl)c2Cl)C1. The van der Waals surface area contributed by atoms with Gasteiger partial charge < -0.3 is 10.0 Å². The molecule has 1 heterocycles. The minimum absolute atomic E-state index is 0.0452. The van der Waals surface area contributed by atoms with Gasteiger partial charge in [-0.05, 0) is 36.3 Å². The number of likely N-dealkylation sites (tertiary alicyclic amines) is 1. The minimum atomic E-state index is -0.820.